The number of benzene rings is 1. The third kappa shape index (κ3) is 3.01. The first kappa shape index (κ1) is 14.2. The molecule has 2 rings (SSSR count). The third-order valence-electron chi connectivity index (χ3n) is 3.00. The lowest BCUT2D eigenvalue weighted by molar-refractivity contribution is 0.0921. The second-order valence-corrected chi connectivity index (χ2v) is 4.28. The monoisotopic (exact) mass is 279 g/mol. The molecule has 1 heterocycles. The number of methoxy groups -OCH3 is 1. The van der Waals surface area contributed by atoms with Crippen LogP contribution in [0.2, 0.25) is 0 Å². The van der Waals surface area contributed by atoms with Gasteiger partial charge in [0.25, 0.3) is 0 Å². The van der Waals surface area contributed by atoms with Gasteiger partial charge in [0.1, 0.15) is 11.5 Å². The van der Waals surface area contributed by atoms with Crippen LogP contribution in [-0.4, -0.2) is 38.2 Å². The molecule has 1 N–H and O–H groups in total. The predicted molar refractivity (Wildman–Crippen MR) is 71.4 cm³/mol. The Morgan fingerprint density at radius 1 is 1.50 bits per heavy atom. The molecule has 1 aromatic rings. The van der Waals surface area contributed by atoms with Crippen LogP contribution in [0.25, 0.3) is 0 Å². The molecule has 0 saturated heterocycles. The van der Waals surface area contributed by atoms with Gasteiger partial charge in [-0.2, -0.15) is 0 Å². The summed E-state index contributed by atoms with van der Waals surface area (Å²) in [7, 11) is 1.53. The van der Waals surface area contributed by atoms with Crippen LogP contribution in [0, 0.1) is 0 Å². The van der Waals surface area contributed by atoms with Gasteiger partial charge in [0.05, 0.1) is 31.9 Å². The Morgan fingerprint density at radius 3 is 3.00 bits per heavy atom. The molecule has 1 aliphatic rings. The second-order valence-electron chi connectivity index (χ2n) is 4.28. The van der Waals surface area contributed by atoms with E-state index in [1.165, 1.54) is 7.11 Å². The summed E-state index contributed by atoms with van der Waals surface area (Å²) in [4.78, 5) is 23.9. The molecule has 6 nitrogen and oxygen atoms in total. The molecule has 1 aromatic carbocycles. The summed E-state index contributed by atoms with van der Waals surface area (Å²) in [6, 6.07) is 4.38. The van der Waals surface area contributed by atoms with Crippen LogP contribution in [0.4, 0.5) is 4.79 Å². The second kappa shape index (κ2) is 6.27. The first-order chi connectivity index (χ1) is 9.65. The molecule has 1 amide bonds. The highest BCUT2D eigenvalue weighted by Gasteiger charge is 2.28. The third-order valence-corrected chi connectivity index (χ3v) is 3.00. The lowest BCUT2D eigenvalue weighted by Gasteiger charge is -2.14. The molecule has 0 saturated carbocycles. The minimum atomic E-state index is -0.651. The van der Waals surface area contributed by atoms with Gasteiger partial charge in [0.15, 0.2) is 5.78 Å². The molecule has 6 heteroatoms. The van der Waals surface area contributed by atoms with Crippen molar-refractivity contribution in [2.75, 3.05) is 20.3 Å². The van der Waals surface area contributed by atoms with Crippen molar-refractivity contribution in [1.29, 1.82) is 0 Å². The van der Waals surface area contributed by atoms with E-state index in [2.05, 4.69) is 5.32 Å². The number of hydrogen-bond donors (Lipinski definition) is 1. The van der Waals surface area contributed by atoms with Gasteiger partial charge in [-0.15, -0.1) is 0 Å². The first-order valence-electron chi connectivity index (χ1n) is 6.44. The average molecular weight is 279 g/mol. The van der Waals surface area contributed by atoms with E-state index in [-0.39, 0.29) is 12.4 Å². The Morgan fingerprint density at radius 2 is 2.30 bits per heavy atom. The van der Waals surface area contributed by atoms with Gasteiger partial charge in [-0.25, -0.2) is 4.79 Å². The van der Waals surface area contributed by atoms with Gasteiger partial charge in [0, 0.05) is 6.42 Å². The van der Waals surface area contributed by atoms with E-state index in [1.807, 2.05) is 0 Å². The standard InChI is InChI=1S/C14H17NO5/c1-3-19-14(17)15-11-6-7-20-12-5-4-9(18-2)8-10(12)13(11)16/h4-5,8,11H,3,6-7H2,1-2H3,(H,15,17). The van der Waals surface area contributed by atoms with Gasteiger partial charge < -0.3 is 19.5 Å². The summed E-state index contributed by atoms with van der Waals surface area (Å²) in [5, 5.41) is 2.56. The molecule has 0 bridgehead atoms. The van der Waals surface area contributed by atoms with Gasteiger partial charge >= 0.3 is 6.09 Å². The molecule has 1 aliphatic heterocycles. The highest BCUT2D eigenvalue weighted by molar-refractivity contribution is 6.04. The van der Waals surface area contributed by atoms with E-state index < -0.39 is 12.1 Å². The van der Waals surface area contributed by atoms with Gasteiger partial charge in [0.2, 0.25) is 0 Å². The number of alkyl carbamates (subject to hydrolysis) is 1. The lowest BCUT2D eigenvalue weighted by Crippen LogP contribution is -2.41. The zero-order valence-corrected chi connectivity index (χ0v) is 11.5. The average Bonchev–Trinajstić information content (AvgIpc) is 2.59. The number of Topliss-reactive ketones (excluding diaryl/α,β-unsaturated/α-hetero) is 1. The summed E-state index contributed by atoms with van der Waals surface area (Å²) in [6.07, 6.45) is -0.202. The van der Waals surface area contributed by atoms with Crippen molar-refractivity contribution in [3.63, 3.8) is 0 Å². The summed E-state index contributed by atoms with van der Waals surface area (Å²) in [6.45, 7) is 2.31. The topological polar surface area (TPSA) is 73.9 Å². The van der Waals surface area contributed by atoms with Crippen LogP contribution in [0.5, 0.6) is 11.5 Å². The predicted octanol–water partition coefficient (Wildman–Crippen LogP) is 1.78. The number of carbonyl (C=O) groups excluding carboxylic acids is 2. The maximum atomic E-state index is 12.4. The van der Waals surface area contributed by atoms with Crippen LogP contribution < -0.4 is 14.8 Å². The quantitative estimate of drug-likeness (QED) is 0.912. The normalized spacial score (nSPS) is 17.5. The molecule has 0 radical (unpaired) electrons. The Balaban J connectivity index is 2.22. The number of rotatable bonds is 3. The maximum Gasteiger partial charge on any atom is 0.407 e. The van der Waals surface area contributed by atoms with E-state index in [0.717, 1.165) is 0 Å². The molecular weight excluding hydrogens is 262 g/mol. The SMILES string of the molecule is CCOC(=O)NC1CCOc2ccc(OC)cc2C1=O. The van der Waals surface area contributed by atoms with Crippen molar-refractivity contribution < 1.29 is 23.8 Å². The number of amides is 1. The number of fused-ring (bicyclic) bond motifs is 1. The smallest absolute Gasteiger partial charge is 0.407 e. The summed E-state index contributed by atoms with van der Waals surface area (Å²) in [5.41, 5.74) is 0.406. The van der Waals surface area contributed by atoms with Crippen molar-refractivity contribution in [1.82, 2.24) is 5.32 Å². The zero-order valence-electron chi connectivity index (χ0n) is 11.5. The minimum Gasteiger partial charge on any atom is -0.497 e. The summed E-state index contributed by atoms with van der Waals surface area (Å²) in [5.74, 6) is 0.867. The van der Waals surface area contributed by atoms with Crippen LogP contribution in [0.1, 0.15) is 23.7 Å². The fourth-order valence-corrected chi connectivity index (χ4v) is 2.01. The van der Waals surface area contributed by atoms with Crippen molar-refractivity contribution in [3.8, 4) is 11.5 Å². The Bertz CT molecular complexity index is 514. The molecular formula is C14H17NO5. The molecule has 20 heavy (non-hydrogen) atoms. The van der Waals surface area contributed by atoms with E-state index in [0.29, 0.717) is 30.1 Å². The van der Waals surface area contributed by atoms with E-state index >= 15 is 0 Å². The molecule has 0 aliphatic carbocycles. The lowest BCUT2D eigenvalue weighted by atomic mass is 10.0. The van der Waals surface area contributed by atoms with E-state index in [9.17, 15) is 9.59 Å². The molecule has 108 valence electrons. The van der Waals surface area contributed by atoms with E-state index in [1.54, 1.807) is 25.1 Å². The fraction of sp³-hybridized carbons (Fsp3) is 0.429. The minimum absolute atomic E-state index is 0.204. The number of ether oxygens (including phenoxy) is 3. The van der Waals surface area contributed by atoms with Crippen LogP contribution >= 0.6 is 0 Å². The Hall–Kier alpha value is -2.24. The highest BCUT2D eigenvalue weighted by atomic mass is 16.5. The fourth-order valence-electron chi connectivity index (χ4n) is 2.01. The maximum absolute atomic E-state index is 12.4. The molecule has 1 atom stereocenters. The molecule has 0 fully saturated rings. The number of nitrogens with one attached hydrogen (secondary N) is 1. The number of carbonyl (C=O) groups is 2. The number of hydrogen-bond acceptors (Lipinski definition) is 5. The van der Waals surface area contributed by atoms with Crippen LogP contribution in [-0.2, 0) is 4.74 Å². The summed E-state index contributed by atoms with van der Waals surface area (Å²) < 4.78 is 15.4. The Kier molecular flexibility index (Phi) is 4.45. The van der Waals surface area contributed by atoms with Crippen molar-refractivity contribution >= 4 is 11.9 Å². The number of ketones is 1. The van der Waals surface area contributed by atoms with Crippen molar-refractivity contribution in [2.24, 2.45) is 0 Å². The van der Waals surface area contributed by atoms with Crippen molar-refractivity contribution in [2.45, 2.75) is 19.4 Å². The Labute approximate surface area is 117 Å². The van der Waals surface area contributed by atoms with Crippen LogP contribution in [0.3, 0.4) is 0 Å². The largest absolute Gasteiger partial charge is 0.497 e. The van der Waals surface area contributed by atoms with Crippen molar-refractivity contribution in [3.05, 3.63) is 23.8 Å². The zero-order chi connectivity index (χ0) is 14.5. The highest BCUT2D eigenvalue weighted by Crippen LogP contribution is 2.28. The molecule has 1 unspecified atom stereocenters. The van der Waals surface area contributed by atoms with Gasteiger partial charge in [-0.3, -0.25) is 4.79 Å². The summed E-state index contributed by atoms with van der Waals surface area (Å²) >= 11 is 0. The molecule has 0 spiro atoms. The first-order valence-corrected chi connectivity index (χ1v) is 6.44. The van der Waals surface area contributed by atoms with Crippen LogP contribution in [0.15, 0.2) is 18.2 Å². The van der Waals surface area contributed by atoms with Gasteiger partial charge in [-0.1, -0.05) is 0 Å². The van der Waals surface area contributed by atoms with Gasteiger partial charge in [-0.05, 0) is 25.1 Å². The van der Waals surface area contributed by atoms with E-state index in [4.69, 9.17) is 14.2 Å². The molecule has 0 aromatic heterocycles.